The fraction of sp³-hybridized carbons (Fsp3) is 0.609. The van der Waals surface area contributed by atoms with E-state index in [1.54, 1.807) is 0 Å². The largest absolute Gasteiger partial charge is 0.506 e. The number of nitrogens with zero attached hydrogens (tertiary/aromatic N) is 2. The van der Waals surface area contributed by atoms with Crippen LogP contribution in [-0.2, 0) is 54.2 Å². The van der Waals surface area contributed by atoms with Crippen LogP contribution in [-0.4, -0.2) is 115 Å². The molecule has 0 saturated carbocycles. The maximum atomic E-state index is 12.6. The number of aryl methyl sites for hydroxylation is 1. The summed E-state index contributed by atoms with van der Waals surface area (Å²) in [6.45, 7) is 0.771. The molecule has 2 aliphatic heterocycles. The van der Waals surface area contributed by atoms with Crippen molar-refractivity contribution in [1.29, 1.82) is 0 Å². The Morgan fingerprint density at radius 3 is 2.30 bits per heavy atom. The summed E-state index contributed by atoms with van der Waals surface area (Å²) in [6.07, 6.45) is -11.8. The van der Waals surface area contributed by atoms with Crippen LogP contribution in [0, 0.1) is 6.92 Å². The van der Waals surface area contributed by atoms with Gasteiger partial charge < -0.3 is 59.9 Å². The van der Waals surface area contributed by atoms with E-state index in [0.717, 1.165) is 16.8 Å². The van der Waals surface area contributed by atoms with E-state index in [0.29, 0.717) is 0 Å². The lowest BCUT2D eigenvalue weighted by Gasteiger charge is -2.41. The molecule has 2 aromatic heterocycles. The van der Waals surface area contributed by atoms with Gasteiger partial charge in [-0.05, 0) is 13.8 Å². The normalized spacial score (nSPS) is 31.3. The van der Waals surface area contributed by atoms with Gasteiger partial charge in [0.25, 0.3) is 5.56 Å². The quantitative estimate of drug-likeness (QED) is 0.0854. The molecule has 4 rings (SSSR count). The maximum absolute atomic E-state index is 12.6. The fourth-order valence-electron chi connectivity index (χ4n) is 4.98. The number of hydrogen-bond donors (Lipinski definition) is 11. The summed E-state index contributed by atoms with van der Waals surface area (Å²) in [5.74, 6) is -0.367. The summed E-state index contributed by atoms with van der Waals surface area (Å²) in [4.78, 5) is 67.4. The van der Waals surface area contributed by atoms with Gasteiger partial charge in [-0.15, -0.1) is 0 Å². The fourth-order valence-corrected chi connectivity index (χ4v) is 7.44. The molecule has 0 amide bonds. The van der Waals surface area contributed by atoms with Crippen molar-refractivity contribution in [2.45, 2.75) is 82.2 Å². The molecule has 2 saturated heterocycles. The van der Waals surface area contributed by atoms with Crippen molar-refractivity contribution in [2.75, 3.05) is 6.61 Å². The molecule has 11 atom stereocenters. The molecule has 2 aromatic rings. The number of phosphoric acid groups is 3. The zero-order valence-corrected chi connectivity index (χ0v) is 28.5. The Hall–Kier alpha value is -2.28. The molecule has 4 heterocycles. The molecule has 0 radical (unpaired) electrons. The molecule has 27 heteroatoms. The highest BCUT2D eigenvalue weighted by Gasteiger charge is 2.49. The van der Waals surface area contributed by atoms with Gasteiger partial charge >= 0.3 is 29.2 Å². The second kappa shape index (κ2) is 15.8. The molecular formula is C23H35N4O20P3. The van der Waals surface area contributed by atoms with Crippen molar-refractivity contribution in [1.82, 2.24) is 19.9 Å². The maximum Gasteiger partial charge on any atom is 0.483 e. The van der Waals surface area contributed by atoms with E-state index in [9.17, 15) is 58.6 Å². The van der Waals surface area contributed by atoms with Gasteiger partial charge in [-0.2, -0.15) is 4.31 Å². The number of aliphatic hydroxyl groups is 4. The Balaban J connectivity index is 1.34. The van der Waals surface area contributed by atoms with Crippen molar-refractivity contribution < 1.29 is 86.2 Å². The Morgan fingerprint density at radius 2 is 1.66 bits per heavy atom. The predicted molar refractivity (Wildman–Crippen MR) is 159 cm³/mol. The van der Waals surface area contributed by atoms with E-state index in [2.05, 4.69) is 23.7 Å². The van der Waals surface area contributed by atoms with Crippen molar-refractivity contribution in [3.63, 3.8) is 0 Å². The Bertz CT molecular complexity index is 1790. The number of aromatic nitrogens is 3. The summed E-state index contributed by atoms with van der Waals surface area (Å²) in [6, 6.07) is -0.254. The predicted octanol–water partition coefficient (Wildman–Crippen LogP) is -2.95. The van der Waals surface area contributed by atoms with Gasteiger partial charge in [-0.25, -0.2) is 18.5 Å². The molecule has 0 aliphatic carbocycles. The summed E-state index contributed by atoms with van der Waals surface area (Å²) in [5, 5.41) is 55.2. The highest BCUT2D eigenvalue weighted by Crippen LogP contribution is 2.61. The highest BCUT2D eigenvalue weighted by atomic mass is 31.3. The number of hydrogen-bond acceptors (Lipinski definition) is 18. The van der Waals surface area contributed by atoms with E-state index in [-0.39, 0.29) is 29.1 Å². The second-order valence-corrected chi connectivity index (χ2v) is 15.3. The lowest BCUT2D eigenvalue weighted by molar-refractivity contribution is -0.246. The first-order valence-electron chi connectivity index (χ1n) is 14.2. The van der Waals surface area contributed by atoms with Crippen LogP contribution in [0.2, 0.25) is 0 Å². The average molecular weight is 780 g/mol. The van der Waals surface area contributed by atoms with E-state index in [1.165, 1.54) is 20.0 Å². The Morgan fingerprint density at radius 1 is 0.980 bits per heavy atom. The third kappa shape index (κ3) is 9.98. The summed E-state index contributed by atoms with van der Waals surface area (Å²) >= 11 is 0. The SMILES string of the molecule is Cc1ncc(COP(=O)(O)O)c(CN[C@H]2[C@H](O)[C@@H](O)[C@@H](OP(=O)(O)OP(=O)(O)OC[C@H]3O[C@@H](n4ccc(=O)[nH]c4=O)[C@H](O)[C@@H]3O)O[C@@H]2C)c1O. The van der Waals surface area contributed by atoms with Crippen molar-refractivity contribution in [2.24, 2.45) is 0 Å². The zero-order chi connectivity index (χ0) is 37.3. The molecule has 2 fully saturated rings. The van der Waals surface area contributed by atoms with Crippen LogP contribution in [0.1, 0.15) is 30.0 Å². The molecule has 0 bridgehead atoms. The van der Waals surface area contributed by atoms with Crippen LogP contribution < -0.4 is 16.6 Å². The summed E-state index contributed by atoms with van der Waals surface area (Å²) in [7, 11) is -16.1. The molecule has 2 aliphatic rings. The number of aliphatic hydroxyl groups excluding tert-OH is 4. The van der Waals surface area contributed by atoms with Crippen LogP contribution in [0.4, 0.5) is 0 Å². The van der Waals surface area contributed by atoms with E-state index >= 15 is 0 Å². The highest BCUT2D eigenvalue weighted by molar-refractivity contribution is 7.61. The first-order chi connectivity index (χ1) is 23.1. The van der Waals surface area contributed by atoms with E-state index < -0.39 is 103 Å². The van der Waals surface area contributed by atoms with Gasteiger partial charge in [-0.1, -0.05) is 0 Å². The van der Waals surface area contributed by atoms with Crippen LogP contribution in [0.15, 0.2) is 28.0 Å². The van der Waals surface area contributed by atoms with Gasteiger partial charge in [0, 0.05) is 36.1 Å². The van der Waals surface area contributed by atoms with Crippen LogP contribution in [0.3, 0.4) is 0 Å². The smallest absolute Gasteiger partial charge is 0.483 e. The number of phosphoric ester groups is 3. The molecule has 50 heavy (non-hydrogen) atoms. The third-order valence-electron chi connectivity index (χ3n) is 7.49. The molecule has 11 N–H and O–H groups in total. The molecule has 2 unspecified atom stereocenters. The number of ether oxygens (including phenoxy) is 2. The first-order valence-corrected chi connectivity index (χ1v) is 18.8. The van der Waals surface area contributed by atoms with Crippen LogP contribution >= 0.6 is 23.5 Å². The summed E-state index contributed by atoms with van der Waals surface area (Å²) < 4.78 is 65.7. The van der Waals surface area contributed by atoms with Crippen molar-refractivity contribution in [3.05, 3.63) is 56.1 Å². The van der Waals surface area contributed by atoms with Gasteiger partial charge in [0.2, 0.25) is 0 Å². The van der Waals surface area contributed by atoms with Gasteiger partial charge in [0.05, 0.1) is 31.1 Å². The van der Waals surface area contributed by atoms with Crippen molar-refractivity contribution in [3.8, 4) is 5.75 Å². The number of nitrogens with one attached hydrogen (secondary N) is 2. The topological polar surface area (TPSA) is 368 Å². The van der Waals surface area contributed by atoms with Gasteiger partial charge in [-0.3, -0.25) is 32.9 Å². The average Bonchev–Trinajstić information content (AvgIpc) is 3.27. The number of rotatable bonds is 14. The summed E-state index contributed by atoms with van der Waals surface area (Å²) in [5.41, 5.74) is -1.50. The monoisotopic (exact) mass is 780 g/mol. The third-order valence-corrected chi connectivity index (χ3v) is 10.6. The zero-order valence-electron chi connectivity index (χ0n) is 25.8. The van der Waals surface area contributed by atoms with Crippen LogP contribution in [0.5, 0.6) is 5.75 Å². The van der Waals surface area contributed by atoms with E-state index in [1.807, 2.05) is 4.98 Å². The van der Waals surface area contributed by atoms with Gasteiger partial charge in [0.1, 0.15) is 36.3 Å². The standard InChI is InChI=1S/C23H35N4O20P3/c1-9-16(29)12(11(5-24-9)7-42-48(35,36)37)6-25-15-10(2)44-22(20(33)18(15)31)46-50(40,41)47-49(38,39)43-8-13-17(30)19(32)21(45-13)27-4-3-14(28)26-23(27)34/h3-5,10,13,15,17-22,25,29-33H,6-8H2,1-2H3,(H,38,39)(H,40,41)(H,26,28,34)(H2,35,36,37)/t10-,13-,15-,17-,18+,19-,20-,21-,22-/m1/s1. The number of H-pyrrole nitrogens is 1. The Kier molecular flexibility index (Phi) is 12.8. The number of aromatic hydroxyl groups is 1. The minimum atomic E-state index is -5.66. The van der Waals surface area contributed by atoms with E-state index in [4.69, 9.17) is 23.8 Å². The lowest BCUT2D eigenvalue weighted by Crippen LogP contribution is -2.61. The number of aromatic amines is 1. The second-order valence-electron chi connectivity index (χ2n) is 11.0. The first kappa shape index (κ1) is 40.5. The minimum Gasteiger partial charge on any atom is -0.506 e. The lowest BCUT2D eigenvalue weighted by atomic mass is 9.96. The molecule has 282 valence electrons. The Labute approximate surface area is 280 Å². The van der Waals surface area contributed by atoms with Gasteiger partial charge in [0.15, 0.2) is 12.5 Å². The molecule has 0 spiro atoms. The molecular weight excluding hydrogens is 745 g/mol. The van der Waals surface area contributed by atoms with Crippen molar-refractivity contribution >= 4 is 23.5 Å². The molecule has 24 nitrogen and oxygen atoms in total. The molecule has 0 aromatic carbocycles. The minimum absolute atomic E-state index is 0.0628. The van der Waals surface area contributed by atoms with Crippen LogP contribution in [0.25, 0.3) is 0 Å². The number of pyridine rings is 1.